The third-order valence-electron chi connectivity index (χ3n) is 2.28. The van der Waals surface area contributed by atoms with Crippen molar-refractivity contribution in [1.29, 1.82) is 0 Å². The SMILES string of the molecule is CCC(CC)NC(=O)C(C)C(N)=NO. The largest absolute Gasteiger partial charge is 0.409 e. The van der Waals surface area contributed by atoms with E-state index in [4.69, 9.17) is 10.9 Å². The highest BCUT2D eigenvalue weighted by atomic mass is 16.4. The first-order valence-corrected chi connectivity index (χ1v) is 4.84. The molecule has 14 heavy (non-hydrogen) atoms. The molecule has 0 saturated carbocycles. The summed E-state index contributed by atoms with van der Waals surface area (Å²) in [4.78, 5) is 11.5. The third-order valence-corrected chi connectivity index (χ3v) is 2.28. The number of carbonyl (C=O) groups is 1. The summed E-state index contributed by atoms with van der Waals surface area (Å²) in [6, 6.07) is 0.163. The van der Waals surface area contributed by atoms with Gasteiger partial charge >= 0.3 is 0 Å². The zero-order valence-electron chi connectivity index (χ0n) is 8.95. The van der Waals surface area contributed by atoms with Gasteiger partial charge in [0.25, 0.3) is 0 Å². The molecule has 0 saturated heterocycles. The molecule has 0 spiro atoms. The number of carbonyl (C=O) groups excluding carboxylic acids is 1. The second kappa shape index (κ2) is 6.23. The maximum Gasteiger partial charge on any atom is 0.230 e. The van der Waals surface area contributed by atoms with Crippen LogP contribution in [0.5, 0.6) is 0 Å². The van der Waals surface area contributed by atoms with Gasteiger partial charge in [0.05, 0.1) is 5.92 Å². The Morgan fingerprint density at radius 2 is 2.00 bits per heavy atom. The van der Waals surface area contributed by atoms with Crippen LogP contribution in [-0.4, -0.2) is 23.0 Å². The number of nitrogens with zero attached hydrogens (tertiary/aromatic N) is 1. The van der Waals surface area contributed by atoms with Crippen molar-refractivity contribution in [2.45, 2.75) is 39.7 Å². The van der Waals surface area contributed by atoms with E-state index in [0.717, 1.165) is 12.8 Å². The number of rotatable bonds is 5. The zero-order valence-corrected chi connectivity index (χ0v) is 8.95. The van der Waals surface area contributed by atoms with Gasteiger partial charge in [-0.3, -0.25) is 4.79 Å². The van der Waals surface area contributed by atoms with E-state index in [-0.39, 0.29) is 17.8 Å². The molecular formula is C9H19N3O2. The molecule has 1 unspecified atom stereocenters. The van der Waals surface area contributed by atoms with Crippen molar-refractivity contribution in [2.75, 3.05) is 0 Å². The van der Waals surface area contributed by atoms with Crippen LogP contribution in [0.1, 0.15) is 33.6 Å². The van der Waals surface area contributed by atoms with Crippen molar-refractivity contribution in [3.05, 3.63) is 0 Å². The van der Waals surface area contributed by atoms with Crippen molar-refractivity contribution >= 4 is 11.7 Å². The minimum atomic E-state index is -0.583. The molecule has 0 aromatic heterocycles. The van der Waals surface area contributed by atoms with Crippen molar-refractivity contribution in [1.82, 2.24) is 5.32 Å². The molecule has 0 rings (SSSR count). The predicted molar refractivity (Wildman–Crippen MR) is 55.1 cm³/mol. The molecule has 0 aromatic carbocycles. The first kappa shape index (κ1) is 12.7. The van der Waals surface area contributed by atoms with Gasteiger partial charge in [-0.25, -0.2) is 0 Å². The Morgan fingerprint density at radius 3 is 2.36 bits per heavy atom. The van der Waals surface area contributed by atoms with E-state index >= 15 is 0 Å². The molecule has 5 heteroatoms. The zero-order chi connectivity index (χ0) is 11.1. The van der Waals surface area contributed by atoms with Gasteiger partial charge in [0.1, 0.15) is 0 Å². The van der Waals surface area contributed by atoms with Crippen LogP contribution in [0.25, 0.3) is 0 Å². The topological polar surface area (TPSA) is 87.7 Å². The lowest BCUT2D eigenvalue weighted by Gasteiger charge is -2.17. The summed E-state index contributed by atoms with van der Waals surface area (Å²) < 4.78 is 0. The van der Waals surface area contributed by atoms with E-state index < -0.39 is 5.92 Å². The molecule has 82 valence electrons. The van der Waals surface area contributed by atoms with E-state index in [1.807, 2.05) is 13.8 Å². The van der Waals surface area contributed by atoms with Crippen LogP contribution in [0.3, 0.4) is 0 Å². The van der Waals surface area contributed by atoms with Crippen LogP contribution in [0, 0.1) is 5.92 Å². The molecule has 0 radical (unpaired) electrons. The van der Waals surface area contributed by atoms with Crippen LogP contribution in [0.2, 0.25) is 0 Å². The summed E-state index contributed by atoms with van der Waals surface area (Å²) >= 11 is 0. The number of hydrogen-bond donors (Lipinski definition) is 3. The fourth-order valence-corrected chi connectivity index (χ4v) is 1.04. The van der Waals surface area contributed by atoms with Crippen LogP contribution in [0.15, 0.2) is 5.16 Å². The van der Waals surface area contributed by atoms with Crippen molar-refractivity contribution < 1.29 is 10.0 Å². The minimum absolute atomic E-state index is 0.0616. The first-order valence-electron chi connectivity index (χ1n) is 4.84. The second-order valence-electron chi connectivity index (χ2n) is 3.27. The molecule has 0 aliphatic carbocycles. The van der Waals surface area contributed by atoms with E-state index in [0.29, 0.717) is 0 Å². The maximum atomic E-state index is 11.5. The van der Waals surface area contributed by atoms with Crippen LogP contribution in [-0.2, 0) is 4.79 Å². The molecule has 5 nitrogen and oxygen atoms in total. The maximum absolute atomic E-state index is 11.5. The van der Waals surface area contributed by atoms with Crippen molar-refractivity contribution in [3.8, 4) is 0 Å². The highest BCUT2D eigenvalue weighted by Crippen LogP contribution is 2.00. The van der Waals surface area contributed by atoms with Crippen molar-refractivity contribution in [3.63, 3.8) is 0 Å². The Hall–Kier alpha value is -1.26. The second-order valence-corrected chi connectivity index (χ2v) is 3.27. The summed E-state index contributed by atoms with van der Waals surface area (Å²) in [5, 5.41) is 14.0. The minimum Gasteiger partial charge on any atom is -0.409 e. The Kier molecular flexibility index (Phi) is 5.67. The summed E-state index contributed by atoms with van der Waals surface area (Å²) in [5.74, 6) is -0.844. The molecular weight excluding hydrogens is 182 g/mol. The normalized spacial score (nSPS) is 14.1. The van der Waals surface area contributed by atoms with Crippen LogP contribution in [0.4, 0.5) is 0 Å². The van der Waals surface area contributed by atoms with Crippen LogP contribution >= 0.6 is 0 Å². The molecule has 0 heterocycles. The highest BCUT2D eigenvalue weighted by molar-refractivity contribution is 6.01. The summed E-state index contributed by atoms with van der Waals surface area (Å²) in [6.45, 7) is 5.61. The average Bonchev–Trinajstić information content (AvgIpc) is 2.23. The number of amides is 1. The Balaban J connectivity index is 4.20. The Labute approximate surface area is 84.4 Å². The predicted octanol–water partition coefficient (Wildman–Crippen LogP) is 0.674. The molecule has 1 atom stereocenters. The van der Waals surface area contributed by atoms with E-state index in [9.17, 15) is 4.79 Å². The summed E-state index contributed by atoms with van der Waals surface area (Å²) in [5.41, 5.74) is 5.32. The van der Waals surface area contributed by atoms with E-state index in [1.165, 1.54) is 0 Å². The van der Waals surface area contributed by atoms with Crippen LogP contribution < -0.4 is 11.1 Å². The molecule has 0 aliphatic heterocycles. The van der Waals surface area contributed by atoms with Gasteiger partial charge in [0, 0.05) is 6.04 Å². The Morgan fingerprint density at radius 1 is 1.50 bits per heavy atom. The summed E-state index contributed by atoms with van der Waals surface area (Å²) in [6.07, 6.45) is 1.76. The van der Waals surface area contributed by atoms with Gasteiger partial charge < -0.3 is 16.3 Å². The van der Waals surface area contributed by atoms with Gasteiger partial charge in [0.15, 0.2) is 5.84 Å². The lowest BCUT2D eigenvalue weighted by molar-refractivity contribution is -0.123. The number of oxime groups is 1. The monoisotopic (exact) mass is 201 g/mol. The number of nitrogens with two attached hydrogens (primary N) is 1. The van der Waals surface area contributed by atoms with E-state index in [1.54, 1.807) is 6.92 Å². The fraction of sp³-hybridized carbons (Fsp3) is 0.778. The van der Waals surface area contributed by atoms with Gasteiger partial charge in [-0.2, -0.15) is 0 Å². The summed E-state index contributed by atoms with van der Waals surface area (Å²) in [7, 11) is 0. The lowest BCUT2D eigenvalue weighted by Crippen LogP contribution is -2.42. The quantitative estimate of drug-likeness (QED) is 0.264. The Bertz CT molecular complexity index is 212. The molecule has 1 amide bonds. The van der Waals surface area contributed by atoms with Gasteiger partial charge in [-0.05, 0) is 19.8 Å². The third kappa shape index (κ3) is 3.64. The van der Waals surface area contributed by atoms with Gasteiger partial charge in [0.2, 0.25) is 5.91 Å². The molecule has 4 N–H and O–H groups in total. The molecule has 0 fully saturated rings. The van der Waals surface area contributed by atoms with E-state index in [2.05, 4.69) is 10.5 Å². The van der Waals surface area contributed by atoms with Gasteiger partial charge in [-0.15, -0.1) is 0 Å². The molecule has 0 aromatic rings. The number of amidine groups is 1. The number of nitrogens with one attached hydrogen (secondary N) is 1. The lowest BCUT2D eigenvalue weighted by atomic mass is 10.1. The molecule has 0 bridgehead atoms. The smallest absolute Gasteiger partial charge is 0.230 e. The first-order chi connectivity index (χ1) is 6.56. The number of hydrogen-bond acceptors (Lipinski definition) is 3. The fourth-order valence-electron chi connectivity index (χ4n) is 1.04. The standard InChI is InChI=1S/C9H19N3O2/c1-4-7(5-2)11-9(13)6(3)8(10)12-14/h6-7,14H,4-5H2,1-3H3,(H2,10,12)(H,11,13). The molecule has 0 aliphatic rings. The average molecular weight is 201 g/mol. The highest BCUT2D eigenvalue weighted by Gasteiger charge is 2.19. The van der Waals surface area contributed by atoms with Crippen molar-refractivity contribution in [2.24, 2.45) is 16.8 Å². The van der Waals surface area contributed by atoms with Gasteiger partial charge in [-0.1, -0.05) is 19.0 Å².